The number of aliphatic hydroxyl groups excluding tert-OH is 4. The van der Waals surface area contributed by atoms with Crippen molar-refractivity contribution in [3.63, 3.8) is 0 Å². The molecule has 1 rings (SSSR count). The molecule has 2 unspecified atom stereocenters. The Morgan fingerprint density at radius 1 is 0.727 bits per heavy atom. The molecule has 0 bridgehead atoms. The standard InChI is InChI=1S/C26H50O7/c1-3-5-6-7-8-9-10-11-12-13-14-15-16-17-18-19-21(28)32-26-24(31)22(29)23(30)25(33-26)20(27)4-2/h20,22-27,29-31H,3-19H2,1-2H3/t20?,22-,23-,24+,25+,26?/m0/s1. The number of carbonyl (C=O) groups excluding carboxylic acids is 1. The van der Waals surface area contributed by atoms with Gasteiger partial charge in [-0.1, -0.05) is 104 Å². The predicted octanol–water partition coefficient (Wildman–Crippen LogP) is 4.37. The van der Waals surface area contributed by atoms with Crippen LogP contribution in [0.25, 0.3) is 0 Å². The smallest absolute Gasteiger partial charge is 0.308 e. The third-order valence-corrected chi connectivity index (χ3v) is 6.64. The molecule has 196 valence electrons. The highest BCUT2D eigenvalue weighted by Crippen LogP contribution is 2.25. The first kappa shape index (κ1) is 30.3. The third-order valence-electron chi connectivity index (χ3n) is 6.64. The molecule has 0 spiro atoms. The Hall–Kier alpha value is -0.730. The van der Waals surface area contributed by atoms with E-state index in [1.807, 2.05) is 0 Å². The van der Waals surface area contributed by atoms with Gasteiger partial charge in [0.25, 0.3) is 0 Å². The summed E-state index contributed by atoms with van der Waals surface area (Å²) in [6, 6.07) is 0. The van der Waals surface area contributed by atoms with Crippen molar-refractivity contribution in [2.75, 3.05) is 0 Å². The summed E-state index contributed by atoms with van der Waals surface area (Å²) in [5, 5.41) is 39.9. The first-order valence-electron chi connectivity index (χ1n) is 13.5. The molecule has 0 saturated carbocycles. The third kappa shape index (κ3) is 12.5. The molecule has 1 fully saturated rings. The maximum atomic E-state index is 12.1. The van der Waals surface area contributed by atoms with E-state index in [1.165, 1.54) is 77.0 Å². The average Bonchev–Trinajstić information content (AvgIpc) is 2.81. The molecule has 0 aromatic carbocycles. The Labute approximate surface area is 200 Å². The molecule has 4 N–H and O–H groups in total. The van der Waals surface area contributed by atoms with Crippen LogP contribution in [0.3, 0.4) is 0 Å². The second-order valence-corrected chi connectivity index (χ2v) is 9.61. The summed E-state index contributed by atoms with van der Waals surface area (Å²) in [6.07, 6.45) is 11.1. The first-order chi connectivity index (χ1) is 15.9. The van der Waals surface area contributed by atoms with Crippen LogP contribution in [-0.4, -0.2) is 63.2 Å². The molecular formula is C26H50O7. The number of hydrogen-bond donors (Lipinski definition) is 4. The maximum Gasteiger partial charge on any atom is 0.308 e. The van der Waals surface area contributed by atoms with E-state index in [4.69, 9.17) is 9.47 Å². The van der Waals surface area contributed by atoms with Crippen molar-refractivity contribution in [3.05, 3.63) is 0 Å². The zero-order valence-corrected chi connectivity index (χ0v) is 21.0. The van der Waals surface area contributed by atoms with E-state index in [1.54, 1.807) is 6.92 Å². The average molecular weight is 475 g/mol. The minimum absolute atomic E-state index is 0.213. The van der Waals surface area contributed by atoms with Gasteiger partial charge in [-0.3, -0.25) is 4.79 Å². The number of esters is 1. The summed E-state index contributed by atoms with van der Waals surface area (Å²) in [5.74, 6) is -0.512. The van der Waals surface area contributed by atoms with E-state index < -0.39 is 42.8 Å². The summed E-state index contributed by atoms with van der Waals surface area (Å²) >= 11 is 0. The Bertz CT molecular complexity index is 487. The van der Waals surface area contributed by atoms with Crippen molar-refractivity contribution in [2.45, 2.75) is 160 Å². The van der Waals surface area contributed by atoms with Gasteiger partial charge < -0.3 is 29.9 Å². The first-order valence-corrected chi connectivity index (χ1v) is 13.5. The molecule has 1 aliphatic rings. The molecule has 1 heterocycles. The molecule has 0 aromatic heterocycles. The van der Waals surface area contributed by atoms with Gasteiger partial charge in [0.2, 0.25) is 6.29 Å². The van der Waals surface area contributed by atoms with Crippen LogP contribution in [0, 0.1) is 0 Å². The van der Waals surface area contributed by atoms with Crippen LogP contribution in [-0.2, 0) is 14.3 Å². The second-order valence-electron chi connectivity index (χ2n) is 9.61. The van der Waals surface area contributed by atoms with Gasteiger partial charge in [-0.05, 0) is 12.8 Å². The molecule has 0 aromatic rings. The van der Waals surface area contributed by atoms with Crippen molar-refractivity contribution in [1.29, 1.82) is 0 Å². The number of hydrogen-bond acceptors (Lipinski definition) is 7. The lowest BCUT2D eigenvalue weighted by atomic mass is 9.94. The van der Waals surface area contributed by atoms with Crippen LogP contribution in [0.15, 0.2) is 0 Å². The van der Waals surface area contributed by atoms with E-state index >= 15 is 0 Å². The van der Waals surface area contributed by atoms with E-state index in [9.17, 15) is 25.2 Å². The van der Waals surface area contributed by atoms with Crippen molar-refractivity contribution in [1.82, 2.24) is 0 Å². The lowest BCUT2D eigenvalue weighted by Crippen LogP contribution is -2.61. The molecule has 6 atom stereocenters. The summed E-state index contributed by atoms with van der Waals surface area (Å²) < 4.78 is 10.6. The summed E-state index contributed by atoms with van der Waals surface area (Å²) in [4.78, 5) is 12.1. The number of unbranched alkanes of at least 4 members (excludes halogenated alkanes) is 14. The largest absolute Gasteiger partial charge is 0.433 e. The summed E-state index contributed by atoms with van der Waals surface area (Å²) in [7, 11) is 0. The minimum atomic E-state index is -1.55. The highest BCUT2D eigenvalue weighted by molar-refractivity contribution is 5.69. The fourth-order valence-corrected chi connectivity index (χ4v) is 4.35. The van der Waals surface area contributed by atoms with Gasteiger partial charge in [-0.25, -0.2) is 0 Å². The quantitative estimate of drug-likeness (QED) is 0.162. The lowest BCUT2D eigenvalue weighted by molar-refractivity contribution is -0.301. The monoisotopic (exact) mass is 474 g/mol. The van der Waals surface area contributed by atoms with E-state index in [0.29, 0.717) is 12.8 Å². The van der Waals surface area contributed by atoms with Gasteiger partial charge in [-0.2, -0.15) is 0 Å². The van der Waals surface area contributed by atoms with Crippen molar-refractivity contribution in [3.8, 4) is 0 Å². The molecule has 1 aliphatic heterocycles. The summed E-state index contributed by atoms with van der Waals surface area (Å²) in [5.41, 5.74) is 0. The van der Waals surface area contributed by atoms with Gasteiger partial charge in [0.15, 0.2) is 0 Å². The molecule has 0 aliphatic carbocycles. The zero-order valence-electron chi connectivity index (χ0n) is 21.0. The highest BCUT2D eigenvalue weighted by atomic mass is 16.7. The number of carbonyl (C=O) groups is 1. The molecule has 0 amide bonds. The fourth-order valence-electron chi connectivity index (χ4n) is 4.35. The SMILES string of the molecule is CCCCCCCCCCCCCCCCCC(=O)OC1O[C@H](C(O)CC)[C@@H](O)[C@H](O)[C@H]1O. The molecule has 1 saturated heterocycles. The summed E-state index contributed by atoms with van der Waals surface area (Å²) in [6.45, 7) is 3.96. The van der Waals surface area contributed by atoms with Gasteiger partial charge in [0.05, 0.1) is 6.10 Å². The van der Waals surface area contributed by atoms with Gasteiger partial charge >= 0.3 is 5.97 Å². The number of aliphatic hydroxyl groups is 4. The van der Waals surface area contributed by atoms with E-state index in [-0.39, 0.29) is 6.42 Å². The van der Waals surface area contributed by atoms with Gasteiger partial charge in [0.1, 0.15) is 24.4 Å². The zero-order chi connectivity index (χ0) is 24.5. The van der Waals surface area contributed by atoms with E-state index in [2.05, 4.69) is 6.92 Å². The van der Waals surface area contributed by atoms with Gasteiger partial charge in [-0.15, -0.1) is 0 Å². The highest BCUT2D eigenvalue weighted by Gasteiger charge is 2.47. The van der Waals surface area contributed by atoms with Crippen molar-refractivity contribution < 1.29 is 34.7 Å². The molecule has 7 nitrogen and oxygen atoms in total. The second kappa shape index (κ2) is 18.6. The molecular weight excluding hydrogens is 424 g/mol. The Morgan fingerprint density at radius 2 is 1.18 bits per heavy atom. The molecule has 7 heteroatoms. The molecule has 0 radical (unpaired) electrons. The lowest BCUT2D eigenvalue weighted by Gasteiger charge is -2.41. The van der Waals surface area contributed by atoms with Crippen molar-refractivity contribution in [2.24, 2.45) is 0 Å². The Kier molecular flexibility index (Phi) is 17.1. The Morgan fingerprint density at radius 3 is 1.64 bits per heavy atom. The van der Waals surface area contributed by atoms with Crippen molar-refractivity contribution >= 4 is 5.97 Å². The van der Waals surface area contributed by atoms with E-state index in [0.717, 1.165) is 12.8 Å². The molecule has 33 heavy (non-hydrogen) atoms. The number of rotatable bonds is 19. The Balaban J connectivity index is 2.03. The van der Waals surface area contributed by atoms with Crippen LogP contribution >= 0.6 is 0 Å². The van der Waals surface area contributed by atoms with Crippen LogP contribution < -0.4 is 0 Å². The van der Waals surface area contributed by atoms with Gasteiger partial charge in [0, 0.05) is 6.42 Å². The van der Waals surface area contributed by atoms with Crippen LogP contribution in [0.2, 0.25) is 0 Å². The van der Waals surface area contributed by atoms with Crippen LogP contribution in [0.5, 0.6) is 0 Å². The minimum Gasteiger partial charge on any atom is -0.433 e. The van der Waals surface area contributed by atoms with Crippen LogP contribution in [0.4, 0.5) is 0 Å². The predicted molar refractivity (Wildman–Crippen MR) is 129 cm³/mol. The topological polar surface area (TPSA) is 116 Å². The number of ether oxygens (including phenoxy) is 2. The normalized spacial score (nSPS) is 26.3. The maximum absolute atomic E-state index is 12.1. The van der Waals surface area contributed by atoms with Crippen LogP contribution in [0.1, 0.15) is 123 Å². The fraction of sp³-hybridized carbons (Fsp3) is 0.962.